The van der Waals surface area contributed by atoms with E-state index in [1.165, 1.54) is 42.5 Å². The topological polar surface area (TPSA) is 84.5 Å². The molecule has 0 heterocycles. The van der Waals surface area contributed by atoms with E-state index in [0.29, 0.717) is 22.3 Å². The molecule has 2 rings (SSSR count). The third kappa shape index (κ3) is 6.93. The van der Waals surface area contributed by atoms with E-state index in [2.05, 4.69) is 10.0 Å². The molecule has 0 saturated heterocycles. The Balaban J connectivity index is 1.97. The summed E-state index contributed by atoms with van der Waals surface area (Å²) in [7, 11) is -3.81. The largest absolute Gasteiger partial charge is 0.484 e. The summed E-state index contributed by atoms with van der Waals surface area (Å²) in [6.45, 7) is 2.51. The molecule has 1 amide bonds. The molecular weight excluding hydrogens is 411 g/mol. The van der Waals surface area contributed by atoms with Gasteiger partial charge < -0.3 is 10.1 Å². The van der Waals surface area contributed by atoms with E-state index in [4.69, 9.17) is 27.9 Å². The predicted octanol–water partition coefficient (Wildman–Crippen LogP) is 4.09. The van der Waals surface area contributed by atoms with Gasteiger partial charge in [0.1, 0.15) is 5.75 Å². The van der Waals surface area contributed by atoms with Crippen molar-refractivity contribution in [3.63, 3.8) is 0 Å². The van der Waals surface area contributed by atoms with Crippen LogP contribution >= 0.6 is 23.2 Å². The minimum Gasteiger partial charge on any atom is -0.484 e. The molecule has 0 aliphatic heterocycles. The lowest BCUT2D eigenvalue weighted by atomic mass is 10.3. The average Bonchev–Trinajstić information content (AvgIpc) is 2.59. The van der Waals surface area contributed by atoms with E-state index < -0.39 is 10.0 Å². The van der Waals surface area contributed by atoms with Crippen molar-refractivity contribution in [1.29, 1.82) is 0 Å². The van der Waals surface area contributed by atoms with E-state index in [1.807, 2.05) is 6.92 Å². The molecule has 9 heteroatoms. The molecule has 0 aliphatic rings. The van der Waals surface area contributed by atoms with Gasteiger partial charge in [0.25, 0.3) is 15.9 Å². The Hall–Kier alpha value is -1.96. The van der Waals surface area contributed by atoms with Crippen molar-refractivity contribution in [2.75, 3.05) is 17.9 Å². The standard InChI is InChI=1S/C18H20Cl2N2O4S/c1-2-3-8-21-18(23)12-26-16-4-6-17(7-5-16)27(24,25)22-15-10-13(19)9-14(20)11-15/h4-7,9-11,22H,2-3,8,12H2,1H3,(H,21,23). The second kappa shape index (κ2) is 9.82. The first-order valence-electron chi connectivity index (χ1n) is 8.28. The molecule has 0 saturated carbocycles. The molecule has 6 nitrogen and oxygen atoms in total. The van der Waals surface area contributed by atoms with Crippen LogP contribution in [0.5, 0.6) is 5.75 Å². The van der Waals surface area contributed by atoms with Gasteiger partial charge in [-0.05, 0) is 48.9 Å². The third-order valence-electron chi connectivity index (χ3n) is 3.47. The molecule has 2 aromatic carbocycles. The zero-order valence-corrected chi connectivity index (χ0v) is 17.0. The highest BCUT2D eigenvalue weighted by molar-refractivity contribution is 7.92. The van der Waals surface area contributed by atoms with Crippen LogP contribution in [0, 0.1) is 0 Å². The average molecular weight is 431 g/mol. The number of amides is 1. The lowest BCUT2D eigenvalue weighted by Crippen LogP contribution is -2.29. The fourth-order valence-electron chi connectivity index (χ4n) is 2.15. The summed E-state index contributed by atoms with van der Waals surface area (Å²) < 4.78 is 32.7. The predicted molar refractivity (Wildman–Crippen MR) is 107 cm³/mol. The van der Waals surface area contributed by atoms with Crippen molar-refractivity contribution in [2.45, 2.75) is 24.7 Å². The summed E-state index contributed by atoms with van der Waals surface area (Å²) >= 11 is 11.8. The number of hydrogen-bond acceptors (Lipinski definition) is 4. The van der Waals surface area contributed by atoms with Gasteiger partial charge in [-0.1, -0.05) is 36.5 Å². The first-order valence-corrected chi connectivity index (χ1v) is 10.5. The second-order valence-corrected chi connectivity index (χ2v) is 8.28. The third-order valence-corrected chi connectivity index (χ3v) is 5.30. The van der Waals surface area contributed by atoms with E-state index in [0.717, 1.165) is 12.8 Å². The molecule has 2 N–H and O–H groups in total. The van der Waals surface area contributed by atoms with Gasteiger partial charge in [-0.25, -0.2) is 8.42 Å². The summed E-state index contributed by atoms with van der Waals surface area (Å²) in [4.78, 5) is 11.7. The smallest absolute Gasteiger partial charge is 0.261 e. The molecule has 2 aromatic rings. The van der Waals surface area contributed by atoms with Crippen molar-refractivity contribution in [3.8, 4) is 5.75 Å². The number of halogens is 2. The number of hydrogen-bond donors (Lipinski definition) is 2. The summed E-state index contributed by atoms with van der Waals surface area (Å²) in [6, 6.07) is 10.2. The Morgan fingerprint density at radius 1 is 1.07 bits per heavy atom. The van der Waals surface area contributed by atoms with Gasteiger partial charge in [-0.3, -0.25) is 9.52 Å². The van der Waals surface area contributed by atoms with E-state index >= 15 is 0 Å². The van der Waals surface area contributed by atoms with Crippen LogP contribution in [0.1, 0.15) is 19.8 Å². The Morgan fingerprint density at radius 3 is 2.30 bits per heavy atom. The van der Waals surface area contributed by atoms with Crippen LogP contribution in [-0.4, -0.2) is 27.5 Å². The van der Waals surface area contributed by atoms with Crippen LogP contribution in [0.2, 0.25) is 10.0 Å². The van der Waals surface area contributed by atoms with Gasteiger partial charge in [-0.2, -0.15) is 0 Å². The Morgan fingerprint density at radius 2 is 1.70 bits per heavy atom. The number of sulfonamides is 1. The van der Waals surface area contributed by atoms with Crippen LogP contribution in [0.3, 0.4) is 0 Å². The summed E-state index contributed by atoms with van der Waals surface area (Å²) in [6.07, 6.45) is 1.90. The number of carbonyl (C=O) groups is 1. The van der Waals surface area contributed by atoms with Crippen molar-refractivity contribution in [1.82, 2.24) is 5.32 Å². The zero-order chi connectivity index (χ0) is 19.9. The number of rotatable bonds is 9. The molecule has 0 fully saturated rings. The maximum Gasteiger partial charge on any atom is 0.261 e. The van der Waals surface area contributed by atoms with E-state index in [1.54, 1.807) is 0 Å². The van der Waals surface area contributed by atoms with Gasteiger partial charge in [-0.15, -0.1) is 0 Å². The van der Waals surface area contributed by atoms with Crippen LogP contribution in [0.25, 0.3) is 0 Å². The summed E-state index contributed by atoms with van der Waals surface area (Å²) in [5.41, 5.74) is 0.261. The second-order valence-electron chi connectivity index (χ2n) is 5.73. The Kier molecular flexibility index (Phi) is 7.77. The van der Waals surface area contributed by atoms with Gasteiger partial charge in [0.15, 0.2) is 6.61 Å². The van der Waals surface area contributed by atoms with Gasteiger partial charge in [0, 0.05) is 16.6 Å². The van der Waals surface area contributed by atoms with Crippen molar-refractivity contribution < 1.29 is 17.9 Å². The fraction of sp³-hybridized carbons (Fsp3) is 0.278. The molecule has 0 spiro atoms. The minimum absolute atomic E-state index is 0.0401. The van der Waals surface area contributed by atoms with Crippen LogP contribution < -0.4 is 14.8 Å². The molecule has 0 aliphatic carbocycles. The number of ether oxygens (including phenoxy) is 1. The number of unbranched alkanes of at least 4 members (excludes halogenated alkanes) is 1. The van der Waals surface area contributed by atoms with Crippen LogP contribution in [0.4, 0.5) is 5.69 Å². The number of carbonyl (C=O) groups excluding carboxylic acids is 1. The van der Waals surface area contributed by atoms with Crippen molar-refractivity contribution >= 4 is 44.8 Å². The fourth-order valence-corrected chi connectivity index (χ4v) is 3.71. The summed E-state index contributed by atoms with van der Waals surface area (Å²) in [5, 5.41) is 3.38. The maximum absolute atomic E-state index is 12.4. The molecule has 0 unspecified atom stereocenters. The zero-order valence-electron chi connectivity index (χ0n) is 14.7. The SMILES string of the molecule is CCCCNC(=O)COc1ccc(S(=O)(=O)Nc2cc(Cl)cc(Cl)c2)cc1. The first kappa shape index (κ1) is 21.3. The molecule has 0 radical (unpaired) electrons. The Bertz CT molecular complexity index is 866. The van der Waals surface area contributed by atoms with Gasteiger partial charge in [0.05, 0.1) is 10.6 Å². The van der Waals surface area contributed by atoms with Gasteiger partial charge >= 0.3 is 0 Å². The van der Waals surface area contributed by atoms with Crippen LogP contribution in [0.15, 0.2) is 47.4 Å². The lowest BCUT2D eigenvalue weighted by Gasteiger charge is -2.10. The summed E-state index contributed by atoms with van der Waals surface area (Å²) in [5.74, 6) is 0.171. The van der Waals surface area contributed by atoms with E-state index in [-0.39, 0.29) is 23.1 Å². The normalized spacial score (nSPS) is 11.1. The molecule has 0 atom stereocenters. The minimum atomic E-state index is -3.81. The number of nitrogens with one attached hydrogen (secondary N) is 2. The monoisotopic (exact) mass is 430 g/mol. The number of benzene rings is 2. The molecule has 146 valence electrons. The first-order chi connectivity index (χ1) is 12.8. The van der Waals surface area contributed by atoms with Crippen molar-refractivity contribution in [2.24, 2.45) is 0 Å². The maximum atomic E-state index is 12.4. The molecule has 0 bridgehead atoms. The molecule has 0 aromatic heterocycles. The highest BCUT2D eigenvalue weighted by atomic mass is 35.5. The Labute approximate surface area is 168 Å². The highest BCUT2D eigenvalue weighted by Gasteiger charge is 2.15. The number of anilines is 1. The molecule has 27 heavy (non-hydrogen) atoms. The lowest BCUT2D eigenvalue weighted by molar-refractivity contribution is -0.123. The van der Waals surface area contributed by atoms with Crippen LogP contribution in [-0.2, 0) is 14.8 Å². The quantitative estimate of drug-likeness (QED) is 0.586. The molecular formula is C18H20Cl2N2O4S. The highest BCUT2D eigenvalue weighted by Crippen LogP contribution is 2.25. The van der Waals surface area contributed by atoms with Gasteiger partial charge in [0.2, 0.25) is 0 Å². The van der Waals surface area contributed by atoms with E-state index in [9.17, 15) is 13.2 Å². The van der Waals surface area contributed by atoms with Crippen molar-refractivity contribution in [3.05, 3.63) is 52.5 Å².